The van der Waals surface area contributed by atoms with Crippen molar-refractivity contribution in [3.63, 3.8) is 0 Å². The lowest BCUT2D eigenvalue weighted by Gasteiger charge is -2.26. The maximum atomic E-state index is 2.37. The molecule has 1 aliphatic heterocycles. The molecule has 20 heavy (non-hydrogen) atoms. The fourth-order valence-corrected chi connectivity index (χ4v) is 4.20. The Hall–Kier alpha value is -0.430. The van der Waals surface area contributed by atoms with Crippen LogP contribution in [0.25, 0.3) is 0 Å². The molecule has 0 radical (unpaired) electrons. The van der Waals surface area contributed by atoms with Crippen LogP contribution < -0.4 is 0 Å². The zero-order valence-electron chi connectivity index (χ0n) is 14.0. The Kier molecular flexibility index (Phi) is 8.37. The molecule has 0 nitrogen and oxygen atoms in total. The van der Waals surface area contributed by atoms with Gasteiger partial charge in [0.05, 0.1) is 0 Å². The maximum absolute atomic E-state index is 2.37. The molecule has 0 saturated heterocycles. The van der Waals surface area contributed by atoms with Crippen molar-refractivity contribution in [1.29, 1.82) is 0 Å². The van der Waals surface area contributed by atoms with E-state index in [2.05, 4.69) is 50.7 Å². The Balaban J connectivity index is 0.000000956. The van der Waals surface area contributed by atoms with Crippen molar-refractivity contribution in [2.24, 2.45) is 5.92 Å². The highest BCUT2D eigenvalue weighted by Gasteiger charge is 2.20. The number of hydrogen-bond donors (Lipinski definition) is 0. The summed E-state index contributed by atoms with van der Waals surface area (Å²) in [4.78, 5) is 0. The van der Waals surface area contributed by atoms with E-state index in [1.807, 2.05) is 13.8 Å². The Morgan fingerprint density at radius 1 is 1.25 bits per heavy atom. The summed E-state index contributed by atoms with van der Waals surface area (Å²) in [6, 6.07) is 6.99. The van der Waals surface area contributed by atoms with Gasteiger partial charge in [-0.1, -0.05) is 65.2 Å². The van der Waals surface area contributed by atoms with Crippen molar-refractivity contribution in [3.8, 4) is 0 Å². The van der Waals surface area contributed by atoms with Gasteiger partial charge >= 0.3 is 0 Å². The molecule has 0 bridgehead atoms. The highest BCUT2D eigenvalue weighted by molar-refractivity contribution is 7.99. The van der Waals surface area contributed by atoms with Gasteiger partial charge in [-0.2, -0.15) is 11.8 Å². The summed E-state index contributed by atoms with van der Waals surface area (Å²) < 4.78 is 0. The second-order valence-corrected chi connectivity index (χ2v) is 6.96. The van der Waals surface area contributed by atoms with Gasteiger partial charge < -0.3 is 0 Å². The van der Waals surface area contributed by atoms with Gasteiger partial charge in [-0.25, -0.2) is 0 Å². The summed E-state index contributed by atoms with van der Waals surface area (Å²) in [5, 5.41) is 0.694. The quantitative estimate of drug-likeness (QED) is 0.602. The SMILES string of the molecule is CC.CCCC(CC)Cc1cccc2c1CCSC2C. The third-order valence-electron chi connectivity index (χ3n) is 4.25. The standard InChI is InChI=1S/C17H26S.C2H6/c1-4-7-14(5-2)12-15-8-6-9-16-13(3)18-11-10-17(15)16;1-2/h6,8-9,13-14H,4-5,7,10-12H2,1-3H3;1-2H3. The normalized spacial score (nSPS) is 18.8. The monoisotopic (exact) mass is 292 g/mol. The van der Waals surface area contributed by atoms with Gasteiger partial charge in [0.2, 0.25) is 0 Å². The molecular weight excluding hydrogens is 260 g/mol. The van der Waals surface area contributed by atoms with E-state index in [4.69, 9.17) is 0 Å². The minimum Gasteiger partial charge on any atom is -0.154 e. The summed E-state index contributed by atoms with van der Waals surface area (Å²) in [7, 11) is 0. The first-order valence-corrected chi connectivity index (χ1v) is 9.53. The molecule has 1 aromatic rings. The van der Waals surface area contributed by atoms with E-state index in [1.54, 1.807) is 16.7 Å². The van der Waals surface area contributed by atoms with Gasteiger partial charge in [0.15, 0.2) is 0 Å². The smallest absolute Gasteiger partial charge is 0.0271 e. The maximum Gasteiger partial charge on any atom is 0.0271 e. The summed E-state index contributed by atoms with van der Waals surface area (Å²) in [5.41, 5.74) is 4.92. The second-order valence-electron chi connectivity index (χ2n) is 5.52. The van der Waals surface area contributed by atoms with E-state index in [1.165, 1.54) is 37.9 Å². The van der Waals surface area contributed by atoms with Crippen LogP contribution in [0.15, 0.2) is 18.2 Å². The highest BCUT2D eigenvalue weighted by atomic mass is 32.2. The molecule has 0 aromatic heterocycles. The largest absolute Gasteiger partial charge is 0.154 e. The lowest BCUT2D eigenvalue weighted by molar-refractivity contribution is 0.461. The number of rotatable bonds is 5. The third kappa shape index (κ3) is 4.55. The van der Waals surface area contributed by atoms with Crippen molar-refractivity contribution < 1.29 is 0 Å². The van der Waals surface area contributed by atoms with Gasteiger partial charge in [-0.05, 0) is 48.1 Å². The third-order valence-corrected chi connectivity index (χ3v) is 5.44. The minimum atomic E-state index is 0.694. The van der Waals surface area contributed by atoms with Crippen molar-refractivity contribution in [2.45, 2.75) is 72.0 Å². The molecule has 0 fully saturated rings. The predicted molar refractivity (Wildman–Crippen MR) is 94.8 cm³/mol. The zero-order valence-corrected chi connectivity index (χ0v) is 14.9. The highest BCUT2D eigenvalue weighted by Crippen LogP contribution is 2.38. The van der Waals surface area contributed by atoms with Crippen LogP contribution in [0.1, 0.15) is 75.8 Å². The lowest BCUT2D eigenvalue weighted by atomic mass is 9.87. The van der Waals surface area contributed by atoms with Crippen LogP contribution in [0.4, 0.5) is 0 Å². The van der Waals surface area contributed by atoms with Crippen LogP contribution in [0.5, 0.6) is 0 Å². The Morgan fingerprint density at radius 3 is 2.65 bits per heavy atom. The van der Waals surface area contributed by atoms with Gasteiger partial charge in [0.25, 0.3) is 0 Å². The summed E-state index contributed by atoms with van der Waals surface area (Å²) >= 11 is 2.10. The molecule has 2 rings (SSSR count). The molecule has 1 heteroatoms. The van der Waals surface area contributed by atoms with E-state index in [0.717, 1.165) is 5.92 Å². The van der Waals surface area contributed by atoms with E-state index in [9.17, 15) is 0 Å². The Labute approximate surface area is 130 Å². The molecule has 1 heterocycles. The van der Waals surface area contributed by atoms with Gasteiger partial charge in [0, 0.05) is 5.25 Å². The molecule has 2 unspecified atom stereocenters. The second kappa shape index (κ2) is 9.50. The topological polar surface area (TPSA) is 0 Å². The van der Waals surface area contributed by atoms with E-state index in [0.29, 0.717) is 5.25 Å². The molecule has 0 spiro atoms. The molecular formula is C19H32S. The van der Waals surface area contributed by atoms with Crippen molar-refractivity contribution in [3.05, 3.63) is 34.9 Å². The molecule has 0 aliphatic carbocycles. The van der Waals surface area contributed by atoms with Crippen LogP contribution in [0.3, 0.4) is 0 Å². The minimum absolute atomic E-state index is 0.694. The first kappa shape index (κ1) is 17.6. The zero-order chi connectivity index (χ0) is 15.0. The average molecular weight is 293 g/mol. The average Bonchev–Trinajstić information content (AvgIpc) is 2.50. The Bertz CT molecular complexity index is 383. The molecule has 114 valence electrons. The van der Waals surface area contributed by atoms with E-state index < -0.39 is 0 Å². The van der Waals surface area contributed by atoms with Crippen molar-refractivity contribution >= 4 is 11.8 Å². The molecule has 2 atom stereocenters. The van der Waals surface area contributed by atoms with Gasteiger partial charge in [-0.3, -0.25) is 0 Å². The molecule has 0 amide bonds. The summed E-state index contributed by atoms with van der Waals surface area (Å²) in [6.07, 6.45) is 6.60. The van der Waals surface area contributed by atoms with Gasteiger partial charge in [-0.15, -0.1) is 0 Å². The number of thioether (sulfide) groups is 1. The summed E-state index contributed by atoms with van der Waals surface area (Å²) in [5.74, 6) is 2.18. The van der Waals surface area contributed by atoms with Crippen LogP contribution in [-0.2, 0) is 12.8 Å². The summed E-state index contributed by atoms with van der Waals surface area (Å²) in [6.45, 7) is 11.0. The number of benzene rings is 1. The predicted octanol–water partition coefficient (Wildman–Crippen LogP) is 6.43. The first-order valence-electron chi connectivity index (χ1n) is 8.48. The molecule has 1 aromatic carbocycles. The number of fused-ring (bicyclic) bond motifs is 1. The molecule has 0 N–H and O–H groups in total. The van der Waals surface area contributed by atoms with Crippen LogP contribution >= 0.6 is 11.8 Å². The fraction of sp³-hybridized carbons (Fsp3) is 0.684. The number of hydrogen-bond acceptors (Lipinski definition) is 1. The van der Waals surface area contributed by atoms with Crippen LogP contribution in [0, 0.1) is 5.92 Å². The first-order chi connectivity index (χ1) is 9.76. The Morgan fingerprint density at radius 2 is 2.00 bits per heavy atom. The van der Waals surface area contributed by atoms with E-state index >= 15 is 0 Å². The van der Waals surface area contributed by atoms with Crippen molar-refractivity contribution in [2.75, 3.05) is 5.75 Å². The van der Waals surface area contributed by atoms with Gasteiger partial charge in [0.1, 0.15) is 0 Å². The molecule has 1 aliphatic rings. The van der Waals surface area contributed by atoms with Crippen LogP contribution in [0.2, 0.25) is 0 Å². The fourth-order valence-electron chi connectivity index (χ4n) is 3.13. The van der Waals surface area contributed by atoms with Crippen LogP contribution in [-0.4, -0.2) is 5.75 Å². The molecule has 0 saturated carbocycles. The lowest BCUT2D eigenvalue weighted by Crippen LogP contribution is -2.12. The van der Waals surface area contributed by atoms with E-state index in [-0.39, 0.29) is 0 Å². The van der Waals surface area contributed by atoms with Crippen molar-refractivity contribution in [1.82, 2.24) is 0 Å².